The van der Waals surface area contributed by atoms with Crippen LogP contribution in [0, 0.1) is 6.92 Å². The van der Waals surface area contributed by atoms with Crippen LogP contribution in [-0.2, 0) is 6.54 Å². The average molecular weight is 300 g/mol. The van der Waals surface area contributed by atoms with Crippen LogP contribution in [0.5, 0.6) is 0 Å². The van der Waals surface area contributed by atoms with Gasteiger partial charge in [0.2, 0.25) is 0 Å². The maximum Gasteiger partial charge on any atom is 0.191 e. The van der Waals surface area contributed by atoms with Gasteiger partial charge in [-0.05, 0) is 25.3 Å². The third-order valence-electron chi connectivity index (χ3n) is 3.42. The highest BCUT2D eigenvalue weighted by molar-refractivity contribution is 5.79. The van der Waals surface area contributed by atoms with Crippen LogP contribution in [0.25, 0.3) is 0 Å². The minimum Gasteiger partial charge on any atom is -0.364 e. The van der Waals surface area contributed by atoms with E-state index >= 15 is 0 Å². The molecule has 2 N–H and O–H groups in total. The Morgan fingerprint density at radius 3 is 2.86 bits per heavy atom. The molecule has 0 aliphatic carbocycles. The van der Waals surface area contributed by atoms with Crippen molar-refractivity contribution in [3.8, 4) is 0 Å². The molecule has 0 bridgehead atoms. The summed E-state index contributed by atoms with van der Waals surface area (Å²) in [5.41, 5.74) is 3.44. The highest BCUT2D eigenvalue weighted by Gasteiger charge is 2.07. The average Bonchev–Trinajstić information content (AvgIpc) is 3.03. The van der Waals surface area contributed by atoms with E-state index in [1.807, 2.05) is 6.07 Å². The summed E-state index contributed by atoms with van der Waals surface area (Å²) in [5.74, 6) is 1.21. The van der Waals surface area contributed by atoms with Gasteiger partial charge in [-0.1, -0.05) is 41.9 Å². The van der Waals surface area contributed by atoms with Crippen molar-refractivity contribution in [1.82, 2.24) is 15.8 Å². The second kappa shape index (κ2) is 8.22. The number of aromatic nitrogens is 1. The van der Waals surface area contributed by atoms with Crippen LogP contribution >= 0.6 is 0 Å². The first-order valence-corrected chi connectivity index (χ1v) is 7.67. The van der Waals surface area contributed by atoms with E-state index in [0.29, 0.717) is 12.5 Å². The molecule has 2 aromatic rings. The maximum absolute atomic E-state index is 4.81. The van der Waals surface area contributed by atoms with E-state index in [1.54, 1.807) is 6.26 Å². The van der Waals surface area contributed by atoms with Crippen molar-refractivity contribution in [2.75, 3.05) is 13.1 Å². The lowest BCUT2D eigenvalue weighted by atomic mass is 9.99. The van der Waals surface area contributed by atoms with Gasteiger partial charge in [0, 0.05) is 19.2 Å². The Balaban J connectivity index is 1.92. The topological polar surface area (TPSA) is 62.5 Å². The largest absolute Gasteiger partial charge is 0.364 e. The molecule has 1 aromatic heterocycles. The number of aryl methyl sites for hydroxylation is 1. The van der Waals surface area contributed by atoms with E-state index < -0.39 is 0 Å². The molecule has 0 aliphatic rings. The van der Waals surface area contributed by atoms with Gasteiger partial charge in [0.1, 0.15) is 12.0 Å². The Morgan fingerprint density at radius 1 is 1.32 bits per heavy atom. The molecule has 0 spiro atoms. The minimum atomic E-state index is 0.413. The first-order valence-electron chi connectivity index (χ1n) is 7.67. The van der Waals surface area contributed by atoms with Crippen LogP contribution in [-0.4, -0.2) is 24.2 Å². The number of aliphatic imine (C=N–C) groups is 1. The van der Waals surface area contributed by atoms with Crippen molar-refractivity contribution in [2.45, 2.75) is 33.2 Å². The van der Waals surface area contributed by atoms with Crippen molar-refractivity contribution in [3.63, 3.8) is 0 Å². The van der Waals surface area contributed by atoms with Crippen molar-refractivity contribution in [1.29, 1.82) is 0 Å². The molecule has 0 amide bonds. The van der Waals surface area contributed by atoms with Crippen LogP contribution < -0.4 is 10.6 Å². The summed E-state index contributed by atoms with van der Waals surface area (Å²) in [4.78, 5) is 4.51. The maximum atomic E-state index is 4.81. The molecule has 0 aliphatic heterocycles. The molecular formula is C17H24N4O. The smallest absolute Gasteiger partial charge is 0.191 e. The fraction of sp³-hybridized carbons (Fsp3) is 0.412. The molecule has 2 rings (SSSR count). The highest BCUT2D eigenvalue weighted by atomic mass is 16.5. The molecule has 118 valence electrons. The predicted molar refractivity (Wildman–Crippen MR) is 88.9 cm³/mol. The highest BCUT2D eigenvalue weighted by Crippen LogP contribution is 2.15. The fourth-order valence-electron chi connectivity index (χ4n) is 2.17. The van der Waals surface area contributed by atoms with Gasteiger partial charge < -0.3 is 15.2 Å². The molecule has 5 nitrogen and oxygen atoms in total. The first-order chi connectivity index (χ1) is 10.7. The van der Waals surface area contributed by atoms with Crippen LogP contribution in [0.2, 0.25) is 0 Å². The summed E-state index contributed by atoms with van der Waals surface area (Å²) >= 11 is 0. The van der Waals surface area contributed by atoms with E-state index in [-0.39, 0.29) is 0 Å². The normalized spacial score (nSPS) is 13.0. The Kier molecular flexibility index (Phi) is 6.01. The molecule has 0 radical (unpaired) electrons. The van der Waals surface area contributed by atoms with Gasteiger partial charge in [0.05, 0.1) is 6.54 Å². The summed E-state index contributed by atoms with van der Waals surface area (Å²) in [5, 5.41) is 10.5. The van der Waals surface area contributed by atoms with E-state index in [4.69, 9.17) is 4.52 Å². The molecule has 1 aromatic carbocycles. The predicted octanol–water partition coefficient (Wildman–Crippen LogP) is 2.84. The number of nitrogens with one attached hydrogen (secondary N) is 2. The first kappa shape index (κ1) is 16.1. The molecule has 1 atom stereocenters. The summed E-state index contributed by atoms with van der Waals surface area (Å²) in [6.45, 7) is 8.54. The lowest BCUT2D eigenvalue weighted by molar-refractivity contribution is 0.412. The lowest BCUT2D eigenvalue weighted by Gasteiger charge is -2.16. The summed E-state index contributed by atoms with van der Waals surface area (Å²) < 4.78 is 4.81. The Hall–Kier alpha value is -2.30. The minimum absolute atomic E-state index is 0.413. The zero-order valence-electron chi connectivity index (χ0n) is 13.5. The van der Waals surface area contributed by atoms with Gasteiger partial charge in [0.25, 0.3) is 0 Å². The van der Waals surface area contributed by atoms with Crippen LogP contribution in [0.1, 0.15) is 36.6 Å². The van der Waals surface area contributed by atoms with Crippen molar-refractivity contribution >= 4 is 5.96 Å². The van der Waals surface area contributed by atoms with Crippen molar-refractivity contribution in [3.05, 3.63) is 53.4 Å². The number of hydrogen-bond acceptors (Lipinski definition) is 3. The van der Waals surface area contributed by atoms with E-state index in [2.05, 4.69) is 65.8 Å². The third-order valence-corrected chi connectivity index (χ3v) is 3.42. The number of guanidine groups is 1. The Morgan fingerprint density at radius 2 is 2.18 bits per heavy atom. The molecule has 5 heteroatoms. The molecule has 1 heterocycles. The zero-order valence-corrected chi connectivity index (χ0v) is 13.5. The molecule has 1 unspecified atom stereocenters. The standard InChI is InChI=1S/C17H24N4O/c1-4-18-17(20-12-16-8-9-22-21-16)19-11-14(3)15-7-5-6-13(2)10-15/h5-10,14H,4,11-12H2,1-3H3,(H2,18,19,20). The van der Waals surface area contributed by atoms with Gasteiger partial charge in [-0.25, -0.2) is 4.99 Å². The molecule has 0 saturated heterocycles. The van der Waals surface area contributed by atoms with Crippen LogP contribution in [0.3, 0.4) is 0 Å². The third kappa shape index (κ3) is 4.91. The number of hydrogen-bond donors (Lipinski definition) is 2. The van der Waals surface area contributed by atoms with Crippen LogP contribution in [0.4, 0.5) is 0 Å². The van der Waals surface area contributed by atoms with E-state index in [9.17, 15) is 0 Å². The Bertz CT molecular complexity index is 592. The second-order valence-corrected chi connectivity index (χ2v) is 5.38. The van der Waals surface area contributed by atoms with Crippen molar-refractivity contribution < 1.29 is 4.52 Å². The summed E-state index contributed by atoms with van der Waals surface area (Å²) in [7, 11) is 0. The van der Waals surface area contributed by atoms with Crippen LogP contribution in [0.15, 0.2) is 46.1 Å². The molecular weight excluding hydrogens is 276 g/mol. The van der Waals surface area contributed by atoms with Gasteiger partial charge in [-0.3, -0.25) is 0 Å². The van der Waals surface area contributed by atoms with Crippen molar-refractivity contribution in [2.24, 2.45) is 4.99 Å². The SMILES string of the molecule is CCNC(=NCc1ccon1)NCC(C)c1cccc(C)c1. The summed E-state index contributed by atoms with van der Waals surface area (Å²) in [6, 6.07) is 10.4. The number of nitrogens with zero attached hydrogens (tertiary/aromatic N) is 2. The van der Waals surface area contributed by atoms with Gasteiger partial charge in [0.15, 0.2) is 5.96 Å². The number of benzene rings is 1. The lowest BCUT2D eigenvalue weighted by Crippen LogP contribution is -2.39. The molecule has 0 saturated carbocycles. The fourth-order valence-corrected chi connectivity index (χ4v) is 2.17. The van der Waals surface area contributed by atoms with Gasteiger partial charge >= 0.3 is 0 Å². The summed E-state index contributed by atoms with van der Waals surface area (Å²) in [6.07, 6.45) is 1.56. The monoisotopic (exact) mass is 300 g/mol. The Labute approximate surface area is 131 Å². The van der Waals surface area contributed by atoms with Gasteiger partial charge in [-0.15, -0.1) is 0 Å². The second-order valence-electron chi connectivity index (χ2n) is 5.38. The van der Waals surface area contributed by atoms with E-state index in [1.165, 1.54) is 11.1 Å². The number of rotatable bonds is 6. The zero-order chi connectivity index (χ0) is 15.8. The quantitative estimate of drug-likeness (QED) is 0.636. The van der Waals surface area contributed by atoms with E-state index in [0.717, 1.165) is 24.7 Å². The molecule has 0 fully saturated rings. The molecule has 22 heavy (non-hydrogen) atoms. The van der Waals surface area contributed by atoms with Gasteiger partial charge in [-0.2, -0.15) is 0 Å².